The Kier molecular flexibility index (Phi) is 4.56. The molecule has 0 aliphatic carbocycles. The van der Waals surface area contributed by atoms with E-state index in [-0.39, 0.29) is 11.9 Å². The molecule has 7 heteroatoms. The van der Waals surface area contributed by atoms with Gasteiger partial charge in [-0.05, 0) is 19.4 Å². The van der Waals surface area contributed by atoms with Crippen molar-refractivity contribution in [3.05, 3.63) is 33.8 Å². The SMILES string of the molecule is Cc1nc(/C=C/C(=O)NC2CCc3nnc(C(C)C)n3C2)cs1. The van der Waals surface area contributed by atoms with Crippen LogP contribution in [0.5, 0.6) is 0 Å². The Morgan fingerprint density at radius 2 is 2.30 bits per heavy atom. The molecular formula is C16H21N5OS. The summed E-state index contributed by atoms with van der Waals surface area (Å²) in [6, 6.07) is 0.116. The molecule has 0 spiro atoms. The van der Waals surface area contributed by atoms with Gasteiger partial charge in [-0.15, -0.1) is 21.5 Å². The molecule has 0 radical (unpaired) electrons. The highest BCUT2D eigenvalue weighted by Gasteiger charge is 2.24. The molecule has 1 amide bonds. The quantitative estimate of drug-likeness (QED) is 0.873. The van der Waals surface area contributed by atoms with Gasteiger partial charge in [0.15, 0.2) is 0 Å². The zero-order valence-corrected chi connectivity index (χ0v) is 14.4. The summed E-state index contributed by atoms with van der Waals surface area (Å²) in [6.07, 6.45) is 5.05. The maximum Gasteiger partial charge on any atom is 0.244 e. The van der Waals surface area contributed by atoms with Crippen LogP contribution >= 0.6 is 11.3 Å². The topological polar surface area (TPSA) is 72.7 Å². The molecule has 122 valence electrons. The number of hydrogen-bond acceptors (Lipinski definition) is 5. The fraction of sp³-hybridized carbons (Fsp3) is 0.500. The number of rotatable bonds is 4. The number of amides is 1. The third-order valence-electron chi connectivity index (χ3n) is 3.88. The molecule has 1 aliphatic heterocycles. The second-order valence-electron chi connectivity index (χ2n) is 6.11. The third-order valence-corrected chi connectivity index (χ3v) is 4.67. The van der Waals surface area contributed by atoms with Crippen molar-refractivity contribution in [3.63, 3.8) is 0 Å². The van der Waals surface area contributed by atoms with Gasteiger partial charge in [-0.1, -0.05) is 13.8 Å². The van der Waals surface area contributed by atoms with Gasteiger partial charge < -0.3 is 9.88 Å². The highest BCUT2D eigenvalue weighted by molar-refractivity contribution is 7.09. The first kappa shape index (κ1) is 15.9. The molecule has 6 nitrogen and oxygen atoms in total. The van der Waals surface area contributed by atoms with Gasteiger partial charge in [0.25, 0.3) is 0 Å². The minimum absolute atomic E-state index is 0.0803. The van der Waals surface area contributed by atoms with E-state index < -0.39 is 0 Å². The molecule has 2 aromatic heterocycles. The van der Waals surface area contributed by atoms with E-state index in [4.69, 9.17) is 0 Å². The lowest BCUT2D eigenvalue weighted by molar-refractivity contribution is -0.117. The molecule has 0 fully saturated rings. The van der Waals surface area contributed by atoms with Gasteiger partial charge in [0.1, 0.15) is 11.6 Å². The molecule has 3 heterocycles. The number of fused-ring (bicyclic) bond motifs is 1. The van der Waals surface area contributed by atoms with Crippen LogP contribution in [0.2, 0.25) is 0 Å². The van der Waals surface area contributed by atoms with Gasteiger partial charge in [-0.3, -0.25) is 4.79 Å². The van der Waals surface area contributed by atoms with Crippen molar-refractivity contribution < 1.29 is 4.79 Å². The fourth-order valence-electron chi connectivity index (χ4n) is 2.76. The van der Waals surface area contributed by atoms with Crippen molar-refractivity contribution in [1.82, 2.24) is 25.1 Å². The molecule has 0 aromatic carbocycles. The predicted molar refractivity (Wildman–Crippen MR) is 90.2 cm³/mol. The first-order chi connectivity index (χ1) is 11.0. The van der Waals surface area contributed by atoms with Crippen molar-refractivity contribution in [2.45, 2.75) is 52.1 Å². The smallest absolute Gasteiger partial charge is 0.244 e. The largest absolute Gasteiger partial charge is 0.348 e. The van der Waals surface area contributed by atoms with Crippen LogP contribution < -0.4 is 5.32 Å². The van der Waals surface area contributed by atoms with Crippen LogP contribution in [0.15, 0.2) is 11.5 Å². The Morgan fingerprint density at radius 3 is 3.00 bits per heavy atom. The number of carbonyl (C=O) groups is 1. The number of nitrogens with zero attached hydrogens (tertiary/aromatic N) is 4. The fourth-order valence-corrected chi connectivity index (χ4v) is 3.34. The minimum atomic E-state index is -0.0803. The molecule has 0 saturated carbocycles. The van der Waals surface area contributed by atoms with Crippen molar-refractivity contribution in [2.75, 3.05) is 0 Å². The molecule has 2 aromatic rings. The van der Waals surface area contributed by atoms with E-state index in [1.807, 2.05) is 12.3 Å². The van der Waals surface area contributed by atoms with E-state index >= 15 is 0 Å². The maximum atomic E-state index is 12.1. The number of hydrogen-bond donors (Lipinski definition) is 1. The standard InChI is InChI=1S/C16H21N5OS/c1-10(2)16-20-19-14-6-4-12(8-21(14)16)18-15(22)7-5-13-9-23-11(3)17-13/h5,7,9-10,12H,4,6,8H2,1-3H3,(H,18,22)/b7-5+. The van der Waals surface area contributed by atoms with E-state index in [1.54, 1.807) is 23.5 Å². The predicted octanol–water partition coefficient (Wildman–Crippen LogP) is 2.31. The van der Waals surface area contributed by atoms with E-state index in [2.05, 4.69) is 38.9 Å². The van der Waals surface area contributed by atoms with Crippen LogP contribution in [-0.2, 0) is 17.8 Å². The van der Waals surface area contributed by atoms with Crippen molar-refractivity contribution in [1.29, 1.82) is 0 Å². The van der Waals surface area contributed by atoms with Crippen molar-refractivity contribution in [2.24, 2.45) is 0 Å². The van der Waals surface area contributed by atoms with Gasteiger partial charge in [0, 0.05) is 36.4 Å². The highest BCUT2D eigenvalue weighted by Crippen LogP contribution is 2.20. The maximum absolute atomic E-state index is 12.1. The lowest BCUT2D eigenvalue weighted by Gasteiger charge is -2.25. The Labute approximate surface area is 139 Å². The highest BCUT2D eigenvalue weighted by atomic mass is 32.1. The Hall–Kier alpha value is -2.02. The van der Waals surface area contributed by atoms with Crippen molar-refractivity contribution in [3.8, 4) is 0 Å². The van der Waals surface area contributed by atoms with Crippen LogP contribution in [0, 0.1) is 6.92 Å². The first-order valence-electron chi connectivity index (χ1n) is 7.85. The molecule has 1 aliphatic rings. The zero-order chi connectivity index (χ0) is 16.4. The monoisotopic (exact) mass is 331 g/mol. The van der Waals surface area contributed by atoms with Crippen LogP contribution in [0.3, 0.4) is 0 Å². The van der Waals surface area contributed by atoms with Gasteiger partial charge in [-0.2, -0.15) is 0 Å². The molecule has 0 saturated heterocycles. The zero-order valence-electron chi connectivity index (χ0n) is 13.6. The van der Waals surface area contributed by atoms with E-state index in [9.17, 15) is 4.79 Å². The number of aryl methyl sites for hydroxylation is 2. The summed E-state index contributed by atoms with van der Waals surface area (Å²) >= 11 is 1.58. The van der Waals surface area contributed by atoms with Crippen molar-refractivity contribution >= 4 is 23.3 Å². The molecule has 1 N–H and O–H groups in total. The van der Waals surface area contributed by atoms with Crippen LogP contribution in [-0.4, -0.2) is 31.7 Å². The summed E-state index contributed by atoms with van der Waals surface area (Å²) in [5.74, 6) is 2.27. The summed E-state index contributed by atoms with van der Waals surface area (Å²) in [5, 5.41) is 14.5. The summed E-state index contributed by atoms with van der Waals surface area (Å²) in [4.78, 5) is 16.4. The molecular weight excluding hydrogens is 310 g/mol. The van der Waals surface area contributed by atoms with Gasteiger partial charge in [0.2, 0.25) is 5.91 Å². The van der Waals surface area contributed by atoms with Gasteiger partial charge >= 0.3 is 0 Å². The average Bonchev–Trinajstić information content (AvgIpc) is 3.11. The molecule has 1 unspecified atom stereocenters. The van der Waals surface area contributed by atoms with Crippen LogP contribution in [0.25, 0.3) is 6.08 Å². The van der Waals surface area contributed by atoms with E-state index in [0.717, 1.165) is 41.7 Å². The summed E-state index contributed by atoms with van der Waals surface area (Å²) in [5.41, 5.74) is 0.828. The number of thiazole rings is 1. The molecule has 0 bridgehead atoms. The van der Waals surface area contributed by atoms with Crippen LogP contribution in [0.4, 0.5) is 0 Å². The molecule has 3 rings (SSSR count). The van der Waals surface area contributed by atoms with E-state index in [1.165, 1.54) is 0 Å². The number of nitrogens with one attached hydrogen (secondary N) is 1. The van der Waals surface area contributed by atoms with Gasteiger partial charge in [-0.25, -0.2) is 4.98 Å². The summed E-state index contributed by atoms with van der Waals surface area (Å²) in [6.45, 7) is 6.91. The second kappa shape index (κ2) is 6.62. The normalized spacial score (nSPS) is 17.7. The average molecular weight is 331 g/mol. The van der Waals surface area contributed by atoms with Gasteiger partial charge in [0.05, 0.1) is 10.7 Å². The Morgan fingerprint density at radius 1 is 1.48 bits per heavy atom. The lowest BCUT2D eigenvalue weighted by atomic mass is 10.1. The first-order valence-corrected chi connectivity index (χ1v) is 8.73. The van der Waals surface area contributed by atoms with E-state index in [0.29, 0.717) is 5.92 Å². The Balaban J connectivity index is 1.61. The Bertz CT molecular complexity index is 731. The lowest BCUT2D eigenvalue weighted by Crippen LogP contribution is -2.40. The van der Waals surface area contributed by atoms with Crippen LogP contribution in [0.1, 0.15) is 48.5 Å². The molecule has 23 heavy (non-hydrogen) atoms. The summed E-state index contributed by atoms with van der Waals surface area (Å²) in [7, 11) is 0. The summed E-state index contributed by atoms with van der Waals surface area (Å²) < 4.78 is 2.15. The number of aromatic nitrogens is 4. The minimum Gasteiger partial charge on any atom is -0.348 e. The third kappa shape index (κ3) is 3.67. The second-order valence-corrected chi connectivity index (χ2v) is 7.17. The number of carbonyl (C=O) groups excluding carboxylic acids is 1. The molecule has 1 atom stereocenters.